The quantitative estimate of drug-likeness (QED) is 0.115. The van der Waals surface area contributed by atoms with Gasteiger partial charge in [0.25, 0.3) is 0 Å². The van der Waals surface area contributed by atoms with Gasteiger partial charge in [-0.25, -0.2) is 0 Å². The van der Waals surface area contributed by atoms with Gasteiger partial charge in [0.2, 0.25) is 0 Å². The van der Waals surface area contributed by atoms with Crippen molar-refractivity contribution in [1.29, 1.82) is 0 Å². The molecule has 0 aliphatic rings. The molecular formula is C78H68Cl2Hf2Si2-2. The Hall–Kier alpha value is -6.61. The summed E-state index contributed by atoms with van der Waals surface area (Å²) in [7, 11) is 0. The van der Waals surface area contributed by atoms with Crippen molar-refractivity contribution in [3.05, 3.63) is 326 Å². The van der Waals surface area contributed by atoms with Gasteiger partial charge in [-0.2, -0.15) is 24.3 Å². The topological polar surface area (TPSA) is 0 Å². The Kier molecular flexibility index (Phi) is 25.2. The number of fused-ring (bicyclic) bond motifs is 4. The zero-order valence-corrected chi connectivity index (χ0v) is 59.3. The number of benzene rings is 10. The molecule has 0 spiro atoms. The normalized spacial score (nSPS) is 10.2. The first-order valence-corrected chi connectivity index (χ1v) is 42.8. The Bertz CT molecular complexity index is 3780. The molecule has 0 aliphatic carbocycles. The van der Waals surface area contributed by atoms with E-state index in [1.54, 1.807) is 10.4 Å². The predicted octanol–water partition coefficient (Wildman–Crippen LogP) is 14.3. The molecule has 412 valence electrons. The molecule has 14 rings (SSSR count). The largest absolute Gasteiger partial charge is 1.00 e. The summed E-state index contributed by atoms with van der Waals surface area (Å²) in [6.07, 6.45) is 0. The van der Waals surface area contributed by atoms with E-state index in [2.05, 4.69) is 344 Å². The van der Waals surface area contributed by atoms with Gasteiger partial charge in [0, 0.05) is 0 Å². The van der Waals surface area contributed by atoms with Gasteiger partial charge in [-0.05, 0) is 22.3 Å². The molecule has 14 aromatic rings. The van der Waals surface area contributed by atoms with Gasteiger partial charge in [0.15, 0.2) is 0 Å². The minimum atomic E-state index is -0.0733. The van der Waals surface area contributed by atoms with E-state index in [9.17, 15) is 0 Å². The molecule has 0 N–H and O–H groups in total. The summed E-state index contributed by atoms with van der Waals surface area (Å²) in [6, 6.07) is 108. The van der Waals surface area contributed by atoms with Crippen LogP contribution in [0.3, 0.4) is 0 Å². The minimum Gasteiger partial charge on any atom is -1.00 e. The molecule has 0 aliphatic heterocycles. The molecule has 0 nitrogen and oxygen atoms in total. The van der Waals surface area contributed by atoms with Gasteiger partial charge in [0.1, 0.15) is 0 Å². The average Bonchev–Trinajstić information content (AvgIpc) is 4.33. The summed E-state index contributed by atoms with van der Waals surface area (Å²) < 4.78 is 0. The Morgan fingerprint density at radius 1 is 0.250 bits per heavy atom. The van der Waals surface area contributed by atoms with E-state index >= 15 is 0 Å². The number of hydrogen-bond acceptors (Lipinski definition) is 0. The number of aryl methyl sites for hydroxylation is 4. The minimum absolute atomic E-state index is 0. The van der Waals surface area contributed by atoms with Crippen LogP contribution in [0.2, 0.25) is 13.1 Å². The average molecular weight is 1490 g/mol. The fraction of sp³-hybridized carbons (Fsp3) is 0.0769. The van der Waals surface area contributed by atoms with E-state index in [4.69, 9.17) is 0 Å². The number of hydrogen-bond donors (Lipinski definition) is 0. The van der Waals surface area contributed by atoms with Crippen molar-refractivity contribution in [1.82, 2.24) is 0 Å². The zero-order chi connectivity index (χ0) is 57.2. The van der Waals surface area contributed by atoms with Crippen molar-refractivity contribution in [2.75, 3.05) is 0 Å². The molecule has 6 heteroatoms. The molecule has 0 aromatic heterocycles. The van der Waals surface area contributed by atoms with E-state index in [-0.39, 0.29) is 35.8 Å². The van der Waals surface area contributed by atoms with E-state index in [0.717, 1.165) is 0 Å². The molecule has 0 atom stereocenters. The van der Waals surface area contributed by atoms with Crippen LogP contribution in [0.25, 0.3) is 87.6 Å². The molecule has 0 radical (unpaired) electrons. The standard InChI is InChI=1S/4C16H13.2C7H8Si.2ClH.2Hf/c4*1-12-10-14-8-5-9-15(16(14)11-12)13-6-3-2-4-7-13;2*1-8-7-5-3-2-4-6-7;;;;/h4*2-11H,1H3;2*2-6H,1H3;2*1H;;/q4*-1;;;;;2*+2/p-2. The van der Waals surface area contributed by atoms with Crippen LogP contribution in [0, 0.1) is 27.7 Å². The Morgan fingerprint density at radius 2 is 0.440 bits per heavy atom. The van der Waals surface area contributed by atoms with Crippen molar-refractivity contribution >= 4 is 64.5 Å². The third-order valence-electron chi connectivity index (χ3n) is 14.3. The third-order valence-corrected chi connectivity index (χ3v) is 23.0. The Labute approximate surface area is 540 Å². The first kappa shape index (κ1) is 64.9. The van der Waals surface area contributed by atoms with Crippen LogP contribution in [0.15, 0.2) is 303 Å². The van der Waals surface area contributed by atoms with Gasteiger partial charge in [-0.15, -0.1) is 138 Å². The van der Waals surface area contributed by atoms with Crippen LogP contribution in [0.1, 0.15) is 22.3 Å². The third kappa shape index (κ3) is 17.7. The van der Waals surface area contributed by atoms with Crippen molar-refractivity contribution in [2.45, 2.75) is 40.8 Å². The second-order valence-electron chi connectivity index (χ2n) is 20.8. The van der Waals surface area contributed by atoms with Gasteiger partial charge in [-0.3, -0.25) is 0 Å². The van der Waals surface area contributed by atoms with Gasteiger partial charge >= 0.3 is 141 Å². The van der Waals surface area contributed by atoms with E-state index in [1.807, 2.05) is 0 Å². The molecule has 0 saturated heterocycles. The maximum Gasteiger partial charge on any atom is -0.0279 e. The summed E-state index contributed by atoms with van der Waals surface area (Å²) in [6.45, 7) is 13.3. The summed E-state index contributed by atoms with van der Waals surface area (Å²) in [4.78, 5) is 0. The van der Waals surface area contributed by atoms with Crippen LogP contribution < -0.4 is 35.2 Å². The van der Waals surface area contributed by atoms with E-state index in [1.165, 1.54) is 156 Å². The fourth-order valence-electron chi connectivity index (χ4n) is 10.4. The first-order chi connectivity index (χ1) is 40.0. The van der Waals surface area contributed by atoms with Gasteiger partial charge in [0.05, 0.1) is 0 Å². The number of halogens is 2. The fourth-order valence-corrected chi connectivity index (χ4v) is 15.4. The van der Waals surface area contributed by atoms with Crippen LogP contribution in [-0.2, 0) is 46.0 Å². The molecular weight excluding hydrogens is 1420 g/mol. The van der Waals surface area contributed by atoms with E-state index < -0.39 is 0 Å². The maximum atomic E-state index is 2.37. The Balaban J connectivity index is 0.000000146. The van der Waals surface area contributed by atoms with Crippen LogP contribution >= 0.6 is 0 Å². The van der Waals surface area contributed by atoms with Crippen molar-refractivity contribution in [3.63, 3.8) is 0 Å². The molecule has 0 saturated carbocycles. The van der Waals surface area contributed by atoms with Crippen LogP contribution in [0.4, 0.5) is 0 Å². The second kappa shape index (κ2) is 32.6. The van der Waals surface area contributed by atoms with Crippen molar-refractivity contribution < 1.29 is 70.8 Å². The molecule has 0 fully saturated rings. The SMILES string of the molecule is C[Si](=[Hf+2])c1ccccc1.C[Si](=[Hf+2])c1ccccc1.Cc1cc2c(-c3ccccc3)cccc2[cH-]1.Cc1cc2c(-c3ccccc3)cccc2[cH-]1.Cc1cc2c(-c3ccccc3)cccc2[cH-]1.Cc1cc2c(-c3ccccc3)cccc2[cH-]1.[Cl-].[Cl-]. The summed E-state index contributed by atoms with van der Waals surface area (Å²) in [5, 5.41) is 13.9. The molecule has 0 amide bonds. The van der Waals surface area contributed by atoms with Crippen molar-refractivity contribution in [3.8, 4) is 44.5 Å². The summed E-state index contributed by atoms with van der Waals surface area (Å²) >= 11 is 2.72. The van der Waals surface area contributed by atoms with Crippen molar-refractivity contribution in [2.24, 2.45) is 0 Å². The first-order valence-electron chi connectivity index (χ1n) is 28.1. The summed E-state index contributed by atoms with van der Waals surface area (Å²) in [5.41, 5.74) is 15.6. The molecule has 0 heterocycles. The molecule has 0 unspecified atom stereocenters. The molecule has 14 aromatic carbocycles. The van der Waals surface area contributed by atoms with Crippen LogP contribution in [-0.4, -0.2) is 11.0 Å². The number of rotatable bonds is 6. The van der Waals surface area contributed by atoms with Crippen LogP contribution in [0.5, 0.6) is 0 Å². The monoisotopic (exact) mass is 1490 g/mol. The smallest absolute Gasteiger partial charge is 0.0279 e. The second-order valence-corrected chi connectivity index (χ2v) is 40.6. The van der Waals surface area contributed by atoms with Gasteiger partial charge in [-0.1, -0.05) is 196 Å². The maximum absolute atomic E-state index is 2.37. The predicted molar refractivity (Wildman–Crippen MR) is 354 cm³/mol. The molecule has 84 heavy (non-hydrogen) atoms. The zero-order valence-electron chi connectivity index (χ0n) is 48.6. The van der Waals surface area contributed by atoms with Gasteiger partial charge < -0.3 is 24.8 Å². The summed E-state index contributed by atoms with van der Waals surface area (Å²) in [5.74, 6) is 0. The van der Waals surface area contributed by atoms with E-state index in [0.29, 0.717) is 0 Å². The molecule has 0 bridgehead atoms. The Morgan fingerprint density at radius 3 is 0.619 bits per heavy atom.